The molecule has 0 radical (unpaired) electrons. The highest BCUT2D eigenvalue weighted by Gasteiger charge is 2.46. The smallest absolute Gasteiger partial charge is 0.310 e. The monoisotopic (exact) mass is 292 g/mol. The Morgan fingerprint density at radius 3 is 2.40 bits per heavy atom. The lowest BCUT2D eigenvalue weighted by Gasteiger charge is -2.35. The van der Waals surface area contributed by atoms with Crippen molar-refractivity contribution in [1.82, 2.24) is 0 Å². The van der Waals surface area contributed by atoms with Crippen LogP contribution < -0.4 is 0 Å². The standard InChI is InChI=1S/C17H28O2Si/c1-20(2,3)12-17(8-4-5-9-17)19-16(18)15-11-13-6-7-14(15)10-13/h6-7,13-15H,4-5,8-12H2,1-3H3. The highest BCUT2D eigenvalue weighted by Crippen LogP contribution is 2.46. The highest BCUT2D eigenvalue weighted by molar-refractivity contribution is 6.76. The molecule has 0 saturated heterocycles. The molecule has 2 nitrogen and oxygen atoms in total. The molecular weight excluding hydrogens is 264 g/mol. The molecule has 3 aliphatic carbocycles. The van der Waals surface area contributed by atoms with Crippen molar-refractivity contribution in [3.63, 3.8) is 0 Å². The molecule has 112 valence electrons. The van der Waals surface area contributed by atoms with Crippen molar-refractivity contribution in [2.45, 2.75) is 69.8 Å². The second-order valence-electron chi connectivity index (χ2n) is 8.44. The molecule has 2 bridgehead atoms. The summed E-state index contributed by atoms with van der Waals surface area (Å²) in [5, 5.41) is 0. The van der Waals surface area contributed by atoms with Crippen molar-refractivity contribution >= 4 is 14.0 Å². The van der Waals surface area contributed by atoms with Gasteiger partial charge in [0.2, 0.25) is 0 Å². The van der Waals surface area contributed by atoms with E-state index in [1.807, 2.05) is 0 Å². The Hall–Kier alpha value is -0.573. The highest BCUT2D eigenvalue weighted by atomic mass is 28.3. The number of rotatable bonds is 4. The average Bonchev–Trinajstić information content (AvgIpc) is 3.02. The maximum Gasteiger partial charge on any atom is 0.310 e. The molecule has 3 heteroatoms. The quantitative estimate of drug-likeness (QED) is 0.436. The first-order valence-electron chi connectivity index (χ1n) is 8.28. The Morgan fingerprint density at radius 1 is 1.20 bits per heavy atom. The van der Waals surface area contributed by atoms with Crippen LogP contribution >= 0.6 is 0 Å². The van der Waals surface area contributed by atoms with Crippen LogP contribution in [0.1, 0.15) is 38.5 Å². The van der Waals surface area contributed by atoms with E-state index in [4.69, 9.17) is 4.74 Å². The number of fused-ring (bicyclic) bond motifs is 2. The fourth-order valence-electron chi connectivity index (χ4n) is 4.64. The molecule has 3 atom stereocenters. The summed E-state index contributed by atoms with van der Waals surface area (Å²) in [4.78, 5) is 12.6. The van der Waals surface area contributed by atoms with E-state index < -0.39 is 8.07 Å². The Kier molecular flexibility index (Phi) is 3.60. The predicted octanol–water partition coefficient (Wildman–Crippen LogP) is 4.39. The van der Waals surface area contributed by atoms with Crippen molar-refractivity contribution in [2.24, 2.45) is 17.8 Å². The van der Waals surface area contributed by atoms with E-state index in [1.165, 1.54) is 19.3 Å². The van der Waals surface area contributed by atoms with E-state index in [1.54, 1.807) is 0 Å². The summed E-state index contributed by atoms with van der Waals surface area (Å²) in [6.45, 7) is 7.17. The third-order valence-corrected chi connectivity index (χ3v) is 6.97. The summed E-state index contributed by atoms with van der Waals surface area (Å²) in [7, 11) is -1.21. The normalized spacial score (nSPS) is 34.6. The van der Waals surface area contributed by atoms with Crippen LogP contribution in [0.25, 0.3) is 0 Å². The lowest BCUT2D eigenvalue weighted by Crippen LogP contribution is -2.41. The molecule has 3 aliphatic rings. The zero-order chi connectivity index (χ0) is 14.4. The molecule has 2 saturated carbocycles. The van der Waals surface area contributed by atoms with E-state index >= 15 is 0 Å². The van der Waals surface area contributed by atoms with Crippen molar-refractivity contribution in [2.75, 3.05) is 0 Å². The fourth-order valence-corrected chi connectivity index (χ4v) is 7.00. The maximum absolute atomic E-state index is 12.6. The second kappa shape index (κ2) is 5.01. The predicted molar refractivity (Wildman–Crippen MR) is 84.3 cm³/mol. The first-order chi connectivity index (χ1) is 9.37. The van der Waals surface area contributed by atoms with Gasteiger partial charge in [-0.25, -0.2) is 0 Å². The van der Waals surface area contributed by atoms with Crippen molar-refractivity contribution in [3.8, 4) is 0 Å². The Morgan fingerprint density at radius 2 is 1.90 bits per heavy atom. The van der Waals surface area contributed by atoms with Gasteiger partial charge in [-0.1, -0.05) is 31.8 Å². The summed E-state index contributed by atoms with van der Waals surface area (Å²) >= 11 is 0. The van der Waals surface area contributed by atoms with Gasteiger partial charge in [-0.05, 0) is 56.4 Å². The Labute approximate surface area is 124 Å². The molecule has 0 N–H and O–H groups in total. The van der Waals surface area contributed by atoms with Gasteiger partial charge in [0.25, 0.3) is 0 Å². The molecule has 0 aliphatic heterocycles. The molecule has 2 fully saturated rings. The van der Waals surface area contributed by atoms with Crippen LogP contribution in [-0.4, -0.2) is 19.6 Å². The lowest BCUT2D eigenvalue weighted by molar-refractivity contribution is -0.163. The van der Waals surface area contributed by atoms with Crippen LogP contribution in [0.15, 0.2) is 12.2 Å². The zero-order valence-electron chi connectivity index (χ0n) is 13.2. The minimum atomic E-state index is -1.21. The molecular formula is C17H28O2Si. The Bertz CT molecular complexity index is 415. The molecule has 0 aromatic carbocycles. The minimum absolute atomic E-state index is 0.104. The maximum atomic E-state index is 12.6. The third kappa shape index (κ3) is 2.88. The minimum Gasteiger partial charge on any atom is -0.459 e. The molecule has 0 amide bonds. The van der Waals surface area contributed by atoms with Crippen LogP contribution in [0.3, 0.4) is 0 Å². The number of carbonyl (C=O) groups is 1. The van der Waals surface area contributed by atoms with Crippen molar-refractivity contribution < 1.29 is 9.53 Å². The van der Waals surface area contributed by atoms with Gasteiger partial charge in [0.05, 0.1) is 5.92 Å². The summed E-state index contributed by atoms with van der Waals surface area (Å²) in [6.07, 6.45) is 11.4. The van der Waals surface area contributed by atoms with E-state index in [2.05, 4.69) is 31.8 Å². The number of allylic oxidation sites excluding steroid dienone is 2. The summed E-state index contributed by atoms with van der Waals surface area (Å²) in [5.41, 5.74) is -0.104. The first-order valence-corrected chi connectivity index (χ1v) is 12.0. The van der Waals surface area contributed by atoms with Crippen molar-refractivity contribution in [3.05, 3.63) is 12.2 Å². The zero-order valence-corrected chi connectivity index (χ0v) is 14.2. The summed E-state index contributed by atoms with van der Waals surface area (Å²) in [5.74, 6) is 1.39. The average molecular weight is 292 g/mol. The fraction of sp³-hybridized carbons (Fsp3) is 0.824. The topological polar surface area (TPSA) is 26.3 Å². The van der Waals surface area contributed by atoms with Gasteiger partial charge in [-0.2, -0.15) is 0 Å². The van der Waals surface area contributed by atoms with E-state index in [9.17, 15) is 4.79 Å². The van der Waals surface area contributed by atoms with Gasteiger partial charge in [0, 0.05) is 8.07 Å². The van der Waals surface area contributed by atoms with Gasteiger partial charge >= 0.3 is 5.97 Å². The van der Waals surface area contributed by atoms with Gasteiger partial charge in [0.15, 0.2) is 0 Å². The van der Waals surface area contributed by atoms with Gasteiger partial charge in [-0.15, -0.1) is 0 Å². The lowest BCUT2D eigenvalue weighted by atomic mass is 9.93. The first kappa shape index (κ1) is 14.4. The number of hydrogen-bond donors (Lipinski definition) is 0. The van der Waals surface area contributed by atoms with Gasteiger partial charge < -0.3 is 4.74 Å². The third-order valence-electron chi connectivity index (χ3n) is 5.27. The molecule has 0 spiro atoms. The molecule has 0 aromatic heterocycles. The number of hydrogen-bond acceptors (Lipinski definition) is 2. The number of ether oxygens (including phenoxy) is 1. The van der Waals surface area contributed by atoms with Crippen molar-refractivity contribution in [1.29, 1.82) is 0 Å². The van der Waals surface area contributed by atoms with Crippen LogP contribution in [-0.2, 0) is 9.53 Å². The largest absolute Gasteiger partial charge is 0.459 e. The van der Waals surface area contributed by atoms with E-state index in [0.717, 1.165) is 25.3 Å². The summed E-state index contributed by atoms with van der Waals surface area (Å²) in [6, 6.07) is 1.14. The molecule has 0 aromatic rings. The van der Waals surface area contributed by atoms with Crippen LogP contribution in [0, 0.1) is 17.8 Å². The Balaban J connectivity index is 1.67. The van der Waals surface area contributed by atoms with Crippen LogP contribution in [0.4, 0.5) is 0 Å². The number of carbonyl (C=O) groups excluding carboxylic acids is 1. The van der Waals surface area contributed by atoms with E-state index in [-0.39, 0.29) is 17.5 Å². The number of esters is 1. The molecule has 0 heterocycles. The van der Waals surface area contributed by atoms with Gasteiger partial charge in [0.1, 0.15) is 5.60 Å². The summed E-state index contributed by atoms with van der Waals surface area (Å²) < 4.78 is 6.17. The SMILES string of the molecule is C[Si](C)(C)CC1(OC(=O)C2CC3C=CC2C3)CCCC1. The van der Waals surface area contributed by atoms with Crippen LogP contribution in [0.5, 0.6) is 0 Å². The molecule has 20 heavy (non-hydrogen) atoms. The van der Waals surface area contributed by atoms with E-state index in [0.29, 0.717) is 11.8 Å². The van der Waals surface area contributed by atoms with Gasteiger partial charge in [-0.3, -0.25) is 4.79 Å². The molecule has 3 rings (SSSR count). The van der Waals surface area contributed by atoms with Crippen LogP contribution in [0.2, 0.25) is 25.7 Å². The molecule has 3 unspecified atom stereocenters. The second-order valence-corrected chi connectivity index (χ2v) is 13.9.